The van der Waals surface area contributed by atoms with Gasteiger partial charge in [-0.3, -0.25) is 4.79 Å². The van der Waals surface area contributed by atoms with Gasteiger partial charge in [0.15, 0.2) is 11.6 Å². The maximum Gasteiger partial charge on any atom is 0.305 e. The predicted octanol–water partition coefficient (Wildman–Crippen LogP) is 1.84. The molecular weight excluding hydrogens is 225 g/mol. The maximum absolute atomic E-state index is 13.6. The van der Waals surface area contributed by atoms with Crippen molar-refractivity contribution < 1.29 is 14.3 Å². The van der Waals surface area contributed by atoms with Gasteiger partial charge in [-0.25, -0.2) is 14.4 Å². The summed E-state index contributed by atoms with van der Waals surface area (Å²) >= 11 is 0. The van der Waals surface area contributed by atoms with Crippen LogP contribution in [0.1, 0.15) is 26.0 Å². The monoisotopic (exact) mass is 241 g/mol. The summed E-state index contributed by atoms with van der Waals surface area (Å²) in [6.07, 6.45) is 1.17. The van der Waals surface area contributed by atoms with Crippen LogP contribution >= 0.6 is 0 Å². The van der Waals surface area contributed by atoms with E-state index in [0.29, 0.717) is 0 Å². The van der Waals surface area contributed by atoms with Crippen molar-refractivity contribution in [3.63, 3.8) is 0 Å². The Bertz CT molecular complexity index is 410. The number of aryl methyl sites for hydroxylation is 1. The summed E-state index contributed by atoms with van der Waals surface area (Å²) < 4.78 is 13.6. The van der Waals surface area contributed by atoms with Gasteiger partial charge in [-0.15, -0.1) is 0 Å². The van der Waals surface area contributed by atoms with E-state index >= 15 is 0 Å². The van der Waals surface area contributed by atoms with Crippen LogP contribution in [0, 0.1) is 18.7 Å². The number of anilines is 1. The molecule has 0 amide bonds. The molecule has 2 N–H and O–H groups in total. The maximum atomic E-state index is 13.6. The van der Waals surface area contributed by atoms with Gasteiger partial charge in [-0.1, -0.05) is 13.8 Å². The highest BCUT2D eigenvalue weighted by molar-refractivity contribution is 5.68. The first-order valence-electron chi connectivity index (χ1n) is 5.37. The highest BCUT2D eigenvalue weighted by atomic mass is 19.1. The van der Waals surface area contributed by atoms with Gasteiger partial charge in [0, 0.05) is 6.04 Å². The van der Waals surface area contributed by atoms with Crippen molar-refractivity contribution >= 4 is 11.8 Å². The molecule has 1 rings (SSSR count). The first kappa shape index (κ1) is 13.3. The van der Waals surface area contributed by atoms with E-state index < -0.39 is 11.8 Å². The summed E-state index contributed by atoms with van der Waals surface area (Å²) in [5, 5.41) is 11.6. The molecule has 0 aliphatic carbocycles. The van der Waals surface area contributed by atoms with Crippen LogP contribution < -0.4 is 5.32 Å². The Kier molecular flexibility index (Phi) is 4.37. The molecule has 0 aromatic carbocycles. The highest BCUT2D eigenvalue weighted by Gasteiger charge is 2.19. The van der Waals surface area contributed by atoms with E-state index in [1.165, 1.54) is 13.3 Å². The topological polar surface area (TPSA) is 75.1 Å². The number of aliphatic carboxylic acids is 1. The Labute approximate surface area is 99.1 Å². The molecule has 1 heterocycles. The van der Waals surface area contributed by atoms with Crippen LogP contribution in [0.25, 0.3) is 0 Å². The minimum atomic E-state index is -0.928. The second-order valence-electron chi connectivity index (χ2n) is 4.21. The molecule has 1 atom stereocenters. The minimum Gasteiger partial charge on any atom is -0.481 e. The fourth-order valence-electron chi connectivity index (χ4n) is 1.38. The average molecular weight is 241 g/mol. The zero-order valence-corrected chi connectivity index (χ0v) is 10.1. The van der Waals surface area contributed by atoms with Crippen LogP contribution in [0.5, 0.6) is 0 Å². The Balaban J connectivity index is 2.86. The van der Waals surface area contributed by atoms with Crippen molar-refractivity contribution in [2.75, 3.05) is 5.32 Å². The summed E-state index contributed by atoms with van der Waals surface area (Å²) in [6.45, 7) is 5.27. The van der Waals surface area contributed by atoms with Crippen molar-refractivity contribution in [2.24, 2.45) is 5.92 Å². The Hall–Kier alpha value is -1.72. The largest absolute Gasteiger partial charge is 0.481 e. The van der Waals surface area contributed by atoms with Crippen molar-refractivity contribution in [1.82, 2.24) is 9.97 Å². The zero-order valence-electron chi connectivity index (χ0n) is 10.1. The van der Waals surface area contributed by atoms with E-state index in [2.05, 4.69) is 15.3 Å². The number of carbonyl (C=O) groups is 1. The first-order valence-corrected chi connectivity index (χ1v) is 5.37. The number of nitrogens with zero attached hydrogens (tertiary/aromatic N) is 2. The molecule has 1 unspecified atom stereocenters. The lowest BCUT2D eigenvalue weighted by atomic mass is 10.0. The third kappa shape index (κ3) is 3.65. The molecule has 0 spiro atoms. The van der Waals surface area contributed by atoms with Gasteiger partial charge in [0.25, 0.3) is 0 Å². The second-order valence-corrected chi connectivity index (χ2v) is 4.21. The number of halogens is 1. The molecule has 0 aliphatic rings. The van der Waals surface area contributed by atoms with Crippen LogP contribution in [0.3, 0.4) is 0 Å². The molecule has 1 aromatic heterocycles. The van der Waals surface area contributed by atoms with Crippen molar-refractivity contribution in [2.45, 2.75) is 33.2 Å². The van der Waals surface area contributed by atoms with Crippen molar-refractivity contribution in [3.05, 3.63) is 17.8 Å². The van der Waals surface area contributed by atoms with Crippen LogP contribution in [-0.4, -0.2) is 27.1 Å². The lowest BCUT2D eigenvalue weighted by Gasteiger charge is -2.21. The van der Waals surface area contributed by atoms with Crippen LogP contribution in [0.4, 0.5) is 10.2 Å². The van der Waals surface area contributed by atoms with Crippen LogP contribution in [-0.2, 0) is 4.79 Å². The number of aromatic nitrogens is 2. The van der Waals surface area contributed by atoms with Crippen molar-refractivity contribution in [1.29, 1.82) is 0 Å². The molecule has 0 aliphatic heterocycles. The number of rotatable bonds is 5. The molecule has 0 saturated carbocycles. The van der Waals surface area contributed by atoms with Crippen LogP contribution in [0.15, 0.2) is 6.33 Å². The molecule has 5 nitrogen and oxygen atoms in total. The number of carboxylic acids is 1. The number of carboxylic acid groups (broad SMARTS) is 1. The molecule has 94 valence electrons. The number of hydrogen-bond acceptors (Lipinski definition) is 4. The molecule has 0 fully saturated rings. The Morgan fingerprint density at radius 3 is 2.71 bits per heavy atom. The summed E-state index contributed by atoms with van der Waals surface area (Å²) in [5.74, 6) is -1.36. The van der Waals surface area contributed by atoms with E-state index in [1.807, 2.05) is 13.8 Å². The smallest absolute Gasteiger partial charge is 0.305 e. The quantitative estimate of drug-likeness (QED) is 0.822. The minimum absolute atomic E-state index is 0.0532. The van der Waals surface area contributed by atoms with Crippen LogP contribution in [0.2, 0.25) is 0 Å². The summed E-state index contributed by atoms with van der Waals surface area (Å²) in [5.41, 5.74) is 0.236. The molecule has 17 heavy (non-hydrogen) atoms. The molecule has 6 heteroatoms. The molecule has 0 bridgehead atoms. The second kappa shape index (κ2) is 5.56. The third-order valence-corrected chi connectivity index (χ3v) is 2.49. The van der Waals surface area contributed by atoms with E-state index in [-0.39, 0.29) is 29.9 Å². The SMILES string of the molecule is Cc1ncnc(NC(CC(=O)O)C(C)C)c1F. The molecule has 1 aromatic rings. The van der Waals surface area contributed by atoms with Gasteiger partial charge in [-0.2, -0.15) is 0 Å². The highest BCUT2D eigenvalue weighted by Crippen LogP contribution is 2.17. The Morgan fingerprint density at radius 1 is 1.53 bits per heavy atom. The zero-order chi connectivity index (χ0) is 13.0. The summed E-state index contributed by atoms with van der Waals surface area (Å²) in [7, 11) is 0. The number of hydrogen-bond donors (Lipinski definition) is 2. The van der Waals surface area contributed by atoms with Gasteiger partial charge in [0.1, 0.15) is 6.33 Å². The normalized spacial score (nSPS) is 12.5. The van der Waals surface area contributed by atoms with E-state index in [4.69, 9.17) is 5.11 Å². The standard InChI is InChI=1S/C11H16FN3O2/c1-6(2)8(4-9(16)17)15-11-10(12)7(3)13-5-14-11/h5-6,8H,4H2,1-3H3,(H,16,17)(H,13,14,15). The van der Waals surface area contributed by atoms with Gasteiger partial charge in [0.2, 0.25) is 0 Å². The predicted molar refractivity (Wildman–Crippen MR) is 61.2 cm³/mol. The van der Waals surface area contributed by atoms with E-state index in [1.54, 1.807) is 0 Å². The van der Waals surface area contributed by atoms with Gasteiger partial charge in [0.05, 0.1) is 12.1 Å². The van der Waals surface area contributed by atoms with E-state index in [9.17, 15) is 9.18 Å². The molecule has 0 saturated heterocycles. The lowest BCUT2D eigenvalue weighted by Crippen LogP contribution is -2.29. The Morgan fingerprint density at radius 2 is 2.18 bits per heavy atom. The van der Waals surface area contributed by atoms with Gasteiger partial charge < -0.3 is 10.4 Å². The third-order valence-electron chi connectivity index (χ3n) is 2.49. The molecular formula is C11H16FN3O2. The fourth-order valence-corrected chi connectivity index (χ4v) is 1.38. The van der Waals surface area contributed by atoms with Gasteiger partial charge >= 0.3 is 5.97 Å². The number of nitrogens with one attached hydrogen (secondary N) is 1. The first-order chi connectivity index (χ1) is 7.91. The fraction of sp³-hybridized carbons (Fsp3) is 0.545. The van der Waals surface area contributed by atoms with E-state index in [0.717, 1.165) is 0 Å². The molecule has 0 radical (unpaired) electrons. The van der Waals surface area contributed by atoms with Crippen molar-refractivity contribution in [3.8, 4) is 0 Å². The summed E-state index contributed by atoms with van der Waals surface area (Å²) in [4.78, 5) is 18.2. The average Bonchev–Trinajstić information content (AvgIpc) is 2.22. The van der Waals surface area contributed by atoms with Gasteiger partial charge in [-0.05, 0) is 12.8 Å². The summed E-state index contributed by atoms with van der Waals surface area (Å²) in [6, 6.07) is -0.365. The lowest BCUT2D eigenvalue weighted by molar-refractivity contribution is -0.137.